The quantitative estimate of drug-likeness (QED) is 0.589. The summed E-state index contributed by atoms with van der Waals surface area (Å²) in [4.78, 5) is 30.8. The molecule has 2 amide bonds. The predicted molar refractivity (Wildman–Crippen MR) is 113 cm³/mol. The van der Waals surface area contributed by atoms with Crippen LogP contribution in [0, 0.1) is 6.92 Å². The van der Waals surface area contributed by atoms with Crippen molar-refractivity contribution in [1.82, 2.24) is 9.88 Å². The Morgan fingerprint density at radius 3 is 2.74 bits per heavy atom. The molecule has 0 aliphatic carbocycles. The van der Waals surface area contributed by atoms with Gasteiger partial charge in [0.1, 0.15) is 10.1 Å². The number of pyridine rings is 1. The molecule has 1 aliphatic heterocycles. The first-order chi connectivity index (χ1) is 13.0. The highest BCUT2D eigenvalue weighted by molar-refractivity contribution is 8.26. The van der Waals surface area contributed by atoms with Gasteiger partial charge in [0, 0.05) is 19.2 Å². The summed E-state index contributed by atoms with van der Waals surface area (Å²) in [6.07, 6.45) is 4.30. The Hall–Kier alpha value is -2.51. The average Bonchev–Trinajstić information content (AvgIpc) is 2.92. The van der Waals surface area contributed by atoms with E-state index in [1.165, 1.54) is 17.3 Å². The van der Waals surface area contributed by atoms with Crippen LogP contribution in [0.1, 0.15) is 24.0 Å². The standard InChI is InChI=1S/C20H19N3O2S2/c1-14-7-9-15(10-8-14)13-16-19(25)23(20(26)27-16)12-4-6-18(24)22-17-5-2-3-11-21-17/h2-3,5,7-11,13H,4,6,12H2,1H3,(H,21,22,24). The van der Waals surface area contributed by atoms with E-state index in [0.29, 0.717) is 34.4 Å². The zero-order valence-electron chi connectivity index (χ0n) is 14.8. The molecule has 27 heavy (non-hydrogen) atoms. The van der Waals surface area contributed by atoms with Gasteiger partial charge < -0.3 is 5.32 Å². The van der Waals surface area contributed by atoms with Crippen molar-refractivity contribution in [3.05, 3.63) is 64.7 Å². The Morgan fingerprint density at radius 2 is 2.04 bits per heavy atom. The molecule has 1 aromatic carbocycles. The van der Waals surface area contributed by atoms with E-state index < -0.39 is 0 Å². The van der Waals surface area contributed by atoms with Gasteiger partial charge in [-0.15, -0.1) is 0 Å². The van der Waals surface area contributed by atoms with E-state index in [2.05, 4.69) is 10.3 Å². The summed E-state index contributed by atoms with van der Waals surface area (Å²) in [6.45, 7) is 2.44. The minimum atomic E-state index is -0.130. The van der Waals surface area contributed by atoms with Gasteiger partial charge in [-0.1, -0.05) is 59.9 Å². The van der Waals surface area contributed by atoms with Gasteiger partial charge in [0.25, 0.3) is 5.91 Å². The summed E-state index contributed by atoms with van der Waals surface area (Å²) < 4.78 is 0.531. The number of carbonyl (C=O) groups is 2. The van der Waals surface area contributed by atoms with E-state index in [1.807, 2.05) is 43.3 Å². The Bertz CT molecular complexity index is 880. The molecule has 0 unspecified atom stereocenters. The number of aryl methyl sites for hydroxylation is 1. The maximum atomic E-state index is 12.6. The van der Waals surface area contributed by atoms with Crippen LogP contribution >= 0.6 is 24.0 Å². The maximum Gasteiger partial charge on any atom is 0.266 e. The molecule has 7 heteroatoms. The number of benzene rings is 1. The average molecular weight is 398 g/mol. The molecular weight excluding hydrogens is 378 g/mol. The van der Waals surface area contributed by atoms with Crippen LogP contribution in [0.15, 0.2) is 53.6 Å². The lowest BCUT2D eigenvalue weighted by atomic mass is 10.1. The number of amides is 2. The Morgan fingerprint density at radius 1 is 1.26 bits per heavy atom. The topological polar surface area (TPSA) is 62.3 Å². The number of aromatic nitrogens is 1. The lowest BCUT2D eigenvalue weighted by Crippen LogP contribution is -2.29. The number of rotatable bonds is 6. The van der Waals surface area contributed by atoms with E-state index in [1.54, 1.807) is 23.2 Å². The molecule has 2 aromatic rings. The molecule has 1 N–H and O–H groups in total. The summed E-state index contributed by atoms with van der Waals surface area (Å²) in [5.41, 5.74) is 2.14. The van der Waals surface area contributed by atoms with Gasteiger partial charge >= 0.3 is 0 Å². The highest BCUT2D eigenvalue weighted by Crippen LogP contribution is 2.32. The molecule has 2 heterocycles. The van der Waals surface area contributed by atoms with Crippen LogP contribution in [-0.2, 0) is 9.59 Å². The summed E-state index contributed by atoms with van der Waals surface area (Å²) in [6, 6.07) is 13.3. The molecule has 0 saturated carbocycles. The maximum absolute atomic E-state index is 12.6. The lowest BCUT2D eigenvalue weighted by Gasteiger charge is -2.14. The van der Waals surface area contributed by atoms with Crippen molar-refractivity contribution in [1.29, 1.82) is 0 Å². The number of thioether (sulfide) groups is 1. The third-order valence-corrected chi connectivity index (χ3v) is 5.34. The second kappa shape index (κ2) is 8.92. The molecule has 1 aromatic heterocycles. The van der Waals surface area contributed by atoms with E-state index in [-0.39, 0.29) is 11.8 Å². The van der Waals surface area contributed by atoms with E-state index in [0.717, 1.165) is 5.56 Å². The fraction of sp³-hybridized carbons (Fsp3) is 0.200. The largest absolute Gasteiger partial charge is 0.311 e. The first kappa shape index (κ1) is 19.3. The number of thiocarbonyl (C=S) groups is 1. The predicted octanol–water partition coefficient (Wildman–Crippen LogP) is 4.01. The summed E-state index contributed by atoms with van der Waals surface area (Å²) in [5, 5.41) is 2.73. The van der Waals surface area contributed by atoms with Crippen molar-refractivity contribution in [2.45, 2.75) is 19.8 Å². The summed E-state index contributed by atoms with van der Waals surface area (Å²) >= 11 is 6.63. The van der Waals surface area contributed by atoms with Crippen molar-refractivity contribution >= 4 is 52.0 Å². The molecule has 0 atom stereocenters. The number of nitrogens with zero attached hydrogens (tertiary/aromatic N) is 2. The lowest BCUT2D eigenvalue weighted by molar-refractivity contribution is -0.122. The van der Waals surface area contributed by atoms with Gasteiger partial charge in [-0.05, 0) is 37.1 Å². The Kier molecular flexibility index (Phi) is 6.36. The second-order valence-corrected chi connectivity index (χ2v) is 7.79. The molecule has 1 saturated heterocycles. The monoisotopic (exact) mass is 397 g/mol. The van der Waals surface area contributed by atoms with Gasteiger partial charge in [0.05, 0.1) is 4.91 Å². The van der Waals surface area contributed by atoms with Gasteiger partial charge in [-0.2, -0.15) is 0 Å². The summed E-state index contributed by atoms with van der Waals surface area (Å²) in [5.74, 6) is 0.291. The molecule has 1 fully saturated rings. The number of hydrogen-bond acceptors (Lipinski definition) is 5. The molecule has 138 valence electrons. The van der Waals surface area contributed by atoms with E-state index in [9.17, 15) is 9.59 Å². The first-order valence-corrected chi connectivity index (χ1v) is 9.78. The van der Waals surface area contributed by atoms with Crippen LogP contribution in [0.3, 0.4) is 0 Å². The zero-order chi connectivity index (χ0) is 19.2. The third kappa shape index (κ3) is 5.24. The highest BCUT2D eigenvalue weighted by atomic mass is 32.2. The highest BCUT2D eigenvalue weighted by Gasteiger charge is 2.31. The molecule has 5 nitrogen and oxygen atoms in total. The van der Waals surface area contributed by atoms with Crippen LogP contribution in [-0.4, -0.2) is 32.6 Å². The smallest absolute Gasteiger partial charge is 0.266 e. The number of nitrogens with one attached hydrogen (secondary N) is 1. The van der Waals surface area contributed by atoms with Crippen molar-refractivity contribution in [3.63, 3.8) is 0 Å². The fourth-order valence-electron chi connectivity index (χ4n) is 2.55. The van der Waals surface area contributed by atoms with Gasteiger partial charge in [0.2, 0.25) is 5.91 Å². The molecule has 0 radical (unpaired) electrons. The zero-order valence-corrected chi connectivity index (χ0v) is 16.5. The minimum Gasteiger partial charge on any atom is -0.311 e. The molecular formula is C20H19N3O2S2. The number of carbonyl (C=O) groups excluding carboxylic acids is 2. The van der Waals surface area contributed by atoms with Crippen LogP contribution in [0.5, 0.6) is 0 Å². The van der Waals surface area contributed by atoms with Crippen molar-refractivity contribution in [2.24, 2.45) is 0 Å². The molecule has 0 spiro atoms. The van der Waals surface area contributed by atoms with Crippen molar-refractivity contribution < 1.29 is 9.59 Å². The van der Waals surface area contributed by atoms with Crippen LogP contribution < -0.4 is 5.32 Å². The molecule has 0 bridgehead atoms. The number of anilines is 1. The number of hydrogen-bond donors (Lipinski definition) is 1. The third-order valence-electron chi connectivity index (χ3n) is 3.97. The van der Waals surface area contributed by atoms with Gasteiger partial charge in [0.15, 0.2) is 0 Å². The van der Waals surface area contributed by atoms with Gasteiger partial charge in [-0.25, -0.2) is 4.98 Å². The Labute approximate surface area is 167 Å². The first-order valence-electron chi connectivity index (χ1n) is 8.56. The second-order valence-electron chi connectivity index (χ2n) is 6.11. The van der Waals surface area contributed by atoms with E-state index >= 15 is 0 Å². The normalized spacial score (nSPS) is 15.4. The van der Waals surface area contributed by atoms with Crippen LogP contribution in [0.25, 0.3) is 6.08 Å². The van der Waals surface area contributed by atoms with Crippen molar-refractivity contribution in [2.75, 3.05) is 11.9 Å². The van der Waals surface area contributed by atoms with E-state index in [4.69, 9.17) is 12.2 Å². The van der Waals surface area contributed by atoms with Crippen LogP contribution in [0.2, 0.25) is 0 Å². The molecule has 3 rings (SSSR count). The SMILES string of the molecule is Cc1ccc(C=C2SC(=S)N(CCCC(=O)Nc3ccccn3)C2=O)cc1. The summed E-state index contributed by atoms with van der Waals surface area (Å²) in [7, 11) is 0. The minimum absolute atomic E-state index is 0.101. The fourth-order valence-corrected chi connectivity index (χ4v) is 3.86. The Balaban J connectivity index is 1.53. The molecule has 1 aliphatic rings. The van der Waals surface area contributed by atoms with Gasteiger partial charge in [-0.3, -0.25) is 14.5 Å². The van der Waals surface area contributed by atoms with Crippen molar-refractivity contribution in [3.8, 4) is 0 Å². The van der Waals surface area contributed by atoms with Crippen LogP contribution in [0.4, 0.5) is 5.82 Å².